The Morgan fingerprint density at radius 1 is 1.04 bits per heavy atom. The Balaban J connectivity index is 2.13. The summed E-state index contributed by atoms with van der Waals surface area (Å²) in [5.41, 5.74) is 0.299. The first-order valence-electron chi connectivity index (χ1n) is 7.14. The Bertz CT molecular complexity index is 1010. The second-order valence-corrected chi connectivity index (χ2v) is 5.49. The molecule has 2 aromatic carbocycles. The largest absolute Gasteiger partial charge is 0.496 e. The van der Waals surface area contributed by atoms with E-state index in [4.69, 9.17) is 4.74 Å². The summed E-state index contributed by atoms with van der Waals surface area (Å²) >= 11 is 0. The number of carbonyl (C=O) groups is 1. The van der Waals surface area contributed by atoms with Crippen LogP contribution in [0.1, 0.15) is 21.6 Å². The molecule has 4 rings (SSSR count). The van der Waals surface area contributed by atoms with E-state index in [1.165, 1.54) is 19.4 Å². The highest BCUT2D eigenvalue weighted by atomic mass is 19.4. The summed E-state index contributed by atoms with van der Waals surface area (Å²) in [6.45, 7) is 0. The number of carbonyl (C=O) groups excluding carboxylic acids is 1. The summed E-state index contributed by atoms with van der Waals surface area (Å²) in [5.74, 6) is -0.0206. The molecule has 0 radical (unpaired) electrons. The van der Waals surface area contributed by atoms with Gasteiger partial charge >= 0.3 is 6.18 Å². The standard InChI is InChI=1S/C18H10F3NO2/c1-24-13-5-2-9-6-7-22-16-14(9)15(13)11-4-3-10(18(19,20)21)8-12(11)17(16)23/h2-8H,1H3. The molecule has 0 unspecified atom stereocenters. The molecule has 24 heavy (non-hydrogen) atoms. The van der Waals surface area contributed by atoms with E-state index in [9.17, 15) is 18.0 Å². The van der Waals surface area contributed by atoms with Crippen LogP contribution < -0.4 is 4.74 Å². The molecule has 0 atom stereocenters. The number of fused-ring (bicyclic) bond motifs is 2. The molecule has 1 aromatic heterocycles. The summed E-state index contributed by atoms with van der Waals surface area (Å²) in [7, 11) is 1.48. The molecule has 0 bridgehead atoms. The lowest BCUT2D eigenvalue weighted by Gasteiger charge is -2.22. The predicted molar refractivity (Wildman–Crippen MR) is 82.2 cm³/mol. The van der Waals surface area contributed by atoms with Gasteiger partial charge in [0.2, 0.25) is 5.78 Å². The summed E-state index contributed by atoms with van der Waals surface area (Å²) in [6.07, 6.45) is -3.04. The molecule has 0 fully saturated rings. The Labute approximate surface area is 134 Å². The van der Waals surface area contributed by atoms with Gasteiger partial charge in [0.15, 0.2) is 0 Å². The molecule has 1 heterocycles. The van der Waals surface area contributed by atoms with Crippen LogP contribution in [0.25, 0.3) is 21.9 Å². The zero-order chi connectivity index (χ0) is 17.1. The van der Waals surface area contributed by atoms with Gasteiger partial charge in [0, 0.05) is 22.7 Å². The van der Waals surface area contributed by atoms with Gasteiger partial charge in [-0.05, 0) is 35.2 Å². The van der Waals surface area contributed by atoms with Crippen molar-refractivity contribution in [1.29, 1.82) is 0 Å². The van der Waals surface area contributed by atoms with Crippen LogP contribution in [0.5, 0.6) is 5.75 Å². The summed E-state index contributed by atoms with van der Waals surface area (Å²) in [4.78, 5) is 16.8. The van der Waals surface area contributed by atoms with Crippen molar-refractivity contribution < 1.29 is 22.7 Å². The molecule has 0 spiro atoms. The molecule has 1 aliphatic rings. The van der Waals surface area contributed by atoms with Crippen molar-refractivity contribution in [3.63, 3.8) is 0 Å². The maximum absolute atomic E-state index is 13.0. The molecule has 0 saturated carbocycles. The number of rotatable bonds is 1. The van der Waals surface area contributed by atoms with Crippen LogP contribution in [-0.2, 0) is 6.18 Å². The van der Waals surface area contributed by atoms with E-state index >= 15 is 0 Å². The quantitative estimate of drug-likeness (QED) is 0.517. The van der Waals surface area contributed by atoms with Crippen LogP contribution in [0.15, 0.2) is 42.6 Å². The number of ether oxygens (including phenoxy) is 1. The zero-order valence-corrected chi connectivity index (χ0v) is 12.4. The van der Waals surface area contributed by atoms with Crippen LogP contribution in [0.2, 0.25) is 0 Å². The molecule has 120 valence electrons. The topological polar surface area (TPSA) is 39.2 Å². The molecule has 6 heteroatoms. The molecular weight excluding hydrogens is 319 g/mol. The van der Waals surface area contributed by atoms with Gasteiger partial charge in [-0.25, -0.2) is 0 Å². The number of hydrogen-bond acceptors (Lipinski definition) is 3. The minimum atomic E-state index is -4.52. The molecule has 0 amide bonds. The molecule has 0 saturated heterocycles. The third-order valence-corrected chi connectivity index (χ3v) is 4.19. The van der Waals surface area contributed by atoms with Crippen molar-refractivity contribution in [2.45, 2.75) is 6.18 Å². The summed E-state index contributed by atoms with van der Waals surface area (Å²) < 4.78 is 44.4. The first-order valence-corrected chi connectivity index (χ1v) is 7.14. The monoisotopic (exact) mass is 329 g/mol. The molecular formula is C18H10F3NO2. The van der Waals surface area contributed by atoms with Gasteiger partial charge in [-0.1, -0.05) is 12.1 Å². The number of benzene rings is 2. The van der Waals surface area contributed by atoms with Crippen LogP contribution in [0, 0.1) is 0 Å². The first kappa shape index (κ1) is 14.7. The number of pyridine rings is 1. The highest BCUT2D eigenvalue weighted by molar-refractivity contribution is 6.25. The van der Waals surface area contributed by atoms with Crippen LogP contribution in [0.3, 0.4) is 0 Å². The van der Waals surface area contributed by atoms with Gasteiger partial charge < -0.3 is 4.74 Å². The molecule has 1 aliphatic carbocycles. The van der Waals surface area contributed by atoms with Crippen LogP contribution in [0.4, 0.5) is 13.2 Å². The van der Waals surface area contributed by atoms with Crippen molar-refractivity contribution >= 4 is 16.6 Å². The summed E-state index contributed by atoms with van der Waals surface area (Å²) in [6, 6.07) is 8.47. The second kappa shape index (κ2) is 4.80. The van der Waals surface area contributed by atoms with Crippen molar-refractivity contribution in [3.8, 4) is 16.9 Å². The van der Waals surface area contributed by atoms with Gasteiger partial charge in [0.05, 0.1) is 12.7 Å². The lowest BCUT2D eigenvalue weighted by molar-refractivity contribution is -0.137. The van der Waals surface area contributed by atoms with E-state index in [-0.39, 0.29) is 11.3 Å². The smallest absolute Gasteiger partial charge is 0.416 e. The van der Waals surface area contributed by atoms with Crippen LogP contribution in [-0.4, -0.2) is 17.9 Å². The van der Waals surface area contributed by atoms with Gasteiger partial charge in [-0.2, -0.15) is 13.2 Å². The maximum atomic E-state index is 13.0. The van der Waals surface area contributed by atoms with Gasteiger partial charge in [0.25, 0.3) is 0 Å². The molecule has 3 aromatic rings. The number of methoxy groups -OCH3 is 1. The van der Waals surface area contributed by atoms with E-state index in [0.717, 1.165) is 17.5 Å². The normalized spacial score (nSPS) is 13.1. The van der Waals surface area contributed by atoms with Gasteiger partial charge in [-0.15, -0.1) is 0 Å². The number of hydrogen-bond donors (Lipinski definition) is 0. The number of nitrogens with zero attached hydrogens (tertiary/aromatic N) is 1. The van der Waals surface area contributed by atoms with E-state index in [0.29, 0.717) is 22.3 Å². The third-order valence-electron chi connectivity index (χ3n) is 4.19. The second-order valence-electron chi connectivity index (χ2n) is 5.49. The van der Waals surface area contributed by atoms with Crippen molar-refractivity contribution in [1.82, 2.24) is 4.98 Å². The molecule has 0 N–H and O–H groups in total. The van der Waals surface area contributed by atoms with E-state index < -0.39 is 17.5 Å². The van der Waals surface area contributed by atoms with Crippen molar-refractivity contribution in [2.75, 3.05) is 7.11 Å². The fraction of sp³-hybridized carbons (Fsp3) is 0.111. The average molecular weight is 329 g/mol. The summed E-state index contributed by atoms with van der Waals surface area (Å²) in [5, 5.41) is 1.39. The van der Waals surface area contributed by atoms with Gasteiger partial charge in [0.1, 0.15) is 11.4 Å². The van der Waals surface area contributed by atoms with E-state index in [1.54, 1.807) is 18.2 Å². The van der Waals surface area contributed by atoms with Crippen LogP contribution >= 0.6 is 0 Å². The maximum Gasteiger partial charge on any atom is 0.416 e. The Hall–Kier alpha value is -2.89. The first-order chi connectivity index (χ1) is 11.4. The predicted octanol–water partition coefficient (Wildman–Crippen LogP) is 4.47. The Kier molecular flexibility index (Phi) is 2.94. The number of ketones is 1. The zero-order valence-electron chi connectivity index (χ0n) is 12.4. The number of alkyl halides is 3. The van der Waals surface area contributed by atoms with Crippen molar-refractivity contribution in [3.05, 3.63) is 59.4 Å². The highest BCUT2D eigenvalue weighted by Gasteiger charge is 2.35. The Morgan fingerprint density at radius 3 is 2.54 bits per heavy atom. The van der Waals surface area contributed by atoms with Gasteiger partial charge in [-0.3, -0.25) is 9.78 Å². The number of aromatic nitrogens is 1. The minimum absolute atomic E-state index is 0.0122. The fourth-order valence-corrected chi connectivity index (χ4v) is 3.11. The minimum Gasteiger partial charge on any atom is -0.496 e. The Morgan fingerprint density at radius 2 is 1.83 bits per heavy atom. The van der Waals surface area contributed by atoms with E-state index in [1.807, 2.05) is 0 Å². The lowest BCUT2D eigenvalue weighted by Crippen LogP contribution is -2.15. The third kappa shape index (κ3) is 1.92. The lowest BCUT2D eigenvalue weighted by atomic mass is 9.84. The number of halogens is 3. The molecule has 0 aliphatic heterocycles. The average Bonchev–Trinajstić information content (AvgIpc) is 2.57. The SMILES string of the molecule is COc1ccc2ccnc3c2c1-c1ccc(C(F)(F)F)cc1C3=O. The van der Waals surface area contributed by atoms with Crippen molar-refractivity contribution in [2.24, 2.45) is 0 Å². The fourth-order valence-electron chi connectivity index (χ4n) is 3.11. The van der Waals surface area contributed by atoms with E-state index in [2.05, 4.69) is 4.98 Å². The molecule has 3 nitrogen and oxygen atoms in total. The highest BCUT2D eigenvalue weighted by Crippen LogP contribution is 2.45.